The number of aromatic nitrogens is 2. The van der Waals surface area contributed by atoms with Crippen LogP contribution in [0.5, 0.6) is 0 Å². The Bertz CT molecular complexity index is 418. The second-order valence-electron chi connectivity index (χ2n) is 3.15. The Morgan fingerprint density at radius 3 is 2.92 bits per heavy atom. The van der Waals surface area contributed by atoms with Gasteiger partial charge in [0.15, 0.2) is 0 Å². The summed E-state index contributed by atoms with van der Waals surface area (Å²) in [5.74, 6) is 0. The van der Waals surface area contributed by atoms with E-state index >= 15 is 0 Å². The SMILES string of the molecule is C/C=c1/ncnc2c1=C(C)CC2. The van der Waals surface area contributed by atoms with Crippen molar-refractivity contribution in [2.24, 2.45) is 0 Å². The number of nitrogens with zero attached hydrogens (tertiary/aromatic N) is 2. The van der Waals surface area contributed by atoms with E-state index in [0.717, 1.165) is 18.2 Å². The maximum absolute atomic E-state index is 4.27. The molecule has 1 aliphatic rings. The number of aryl methyl sites for hydroxylation is 1. The van der Waals surface area contributed by atoms with Gasteiger partial charge in [0.25, 0.3) is 0 Å². The van der Waals surface area contributed by atoms with Crippen LogP contribution in [0.2, 0.25) is 0 Å². The highest BCUT2D eigenvalue weighted by atomic mass is 14.8. The number of hydrogen-bond donors (Lipinski definition) is 0. The van der Waals surface area contributed by atoms with Gasteiger partial charge in [-0.2, -0.15) is 0 Å². The zero-order chi connectivity index (χ0) is 8.55. The second kappa shape index (κ2) is 2.70. The minimum absolute atomic E-state index is 1.09. The minimum atomic E-state index is 1.09. The van der Waals surface area contributed by atoms with Gasteiger partial charge in [0, 0.05) is 5.22 Å². The molecule has 0 bridgehead atoms. The molecule has 0 saturated carbocycles. The van der Waals surface area contributed by atoms with Crippen LogP contribution >= 0.6 is 0 Å². The van der Waals surface area contributed by atoms with Gasteiger partial charge in [-0.15, -0.1) is 0 Å². The monoisotopic (exact) mass is 160 g/mol. The summed E-state index contributed by atoms with van der Waals surface area (Å²) >= 11 is 0. The van der Waals surface area contributed by atoms with Crippen molar-refractivity contribution in [3.63, 3.8) is 0 Å². The molecule has 1 aliphatic carbocycles. The van der Waals surface area contributed by atoms with E-state index < -0.39 is 0 Å². The van der Waals surface area contributed by atoms with Gasteiger partial charge in [-0.3, -0.25) is 0 Å². The molecule has 2 nitrogen and oxygen atoms in total. The number of fused-ring (bicyclic) bond motifs is 1. The molecule has 0 aromatic carbocycles. The molecule has 0 radical (unpaired) electrons. The smallest absolute Gasteiger partial charge is 0.116 e. The van der Waals surface area contributed by atoms with Crippen molar-refractivity contribution in [3.8, 4) is 0 Å². The van der Waals surface area contributed by atoms with E-state index in [-0.39, 0.29) is 0 Å². The fraction of sp³-hybridized carbons (Fsp3) is 0.400. The normalized spacial score (nSPS) is 16.8. The first kappa shape index (κ1) is 7.47. The fourth-order valence-corrected chi connectivity index (χ4v) is 1.74. The molecule has 0 aliphatic heterocycles. The van der Waals surface area contributed by atoms with Crippen molar-refractivity contribution in [2.75, 3.05) is 0 Å². The summed E-state index contributed by atoms with van der Waals surface area (Å²) in [6.45, 7) is 4.19. The van der Waals surface area contributed by atoms with Gasteiger partial charge in [0.2, 0.25) is 0 Å². The van der Waals surface area contributed by atoms with Crippen molar-refractivity contribution < 1.29 is 0 Å². The lowest BCUT2D eigenvalue weighted by Crippen LogP contribution is -2.31. The van der Waals surface area contributed by atoms with Crippen molar-refractivity contribution >= 4 is 11.6 Å². The highest BCUT2D eigenvalue weighted by molar-refractivity contribution is 5.48. The molecule has 0 amide bonds. The van der Waals surface area contributed by atoms with Gasteiger partial charge in [0.05, 0.1) is 11.0 Å². The summed E-state index contributed by atoms with van der Waals surface area (Å²) in [5.41, 5.74) is 2.65. The van der Waals surface area contributed by atoms with Crippen molar-refractivity contribution in [3.05, 3.63) is 22.6 Å². The molecule has 0 N–H and O–H groups in total. The third kappa shape index (κ3) is 0.951. The summed E-state index contributed by atoms with van der Waals surface area (Å²) in [6.07, 6.45) is 5.95. The van der Waals surface area contributed by atoms with Crippen LogP contribution in [0, 0.1) is 0 Å². The van der Waals surface area contributed by atoms with Gasteiger partial charge in [-0.25, -0.2) is 9.97 Å². The second-order valence-corrected chi connectivity index (χ2v) is 3.15. The summed E-state index contributed by atoms with van der Waals surface area (Å²) in [4.78, 5) is 8.50. The summed E-state index contributed by atoms with van der Waals surface area (Å²) in [5, 5.41) is 2.38. The van der Waals surface area contributed by atoms with E-state index in [9.17, 15) is 0 Å². The average Bonchev–Trinajstić information content (AvgIpc) is 2.48. The molecule has 1 aromatic heterocycles. The molecule has 0 unspecified atom stereocenters. The molecule has 2 heteroatoms. The lowest BCUT2D eigenvalue weighted by atomic mass is 10.2. The van der Waals surface area contributed by atoms with Crippen LogP contribution in [0.15, 0.2) is 6.33 Å². The molecule has 62 valence electrons. The van der Waals surface area contributed by atoms with E-state index in [1.165, 1.54) is 16.5 Å². The van der Waals surface area contributed by atoms with Gasteiger partial charge in [0.1, 0.15) is 6.33 Å². The number of hydrogen-bond acceptors (Lipinski definition) is 2. The Hall–Kier alpha value is -1.18. The Kier molecular flexibility index (Phi) is 1.68. The molecule has 2 rings (SSSR count). The van der Waals surface area contributed by atoms with Gasteiger partial charge < -0.3 is 0 Å². The molecule has 12 heavy (non-hydrogen) atoms. The van der Waals surface area contributed by atoms with Crippen molar-refractivity contribution in [2.45, 2.75) is 26.7 Å². The zero-order valence-corrected chi connectivity index (χ0v) is 7.46. The van der Waals surface area contributed by atoms with Crippen LogP contribution in [0.1, 0.15) is 26.0 Å². The van der Waals surface area contributed by atoms with Crippen LogP contribution in [0.3, 0.4) is 0 Å². The van der Waals surface area contributed by atoms with E-state index in [0.29, 0.717) is 0 Å². The van der Waals surface area contributed by atoms with Gasteiger partial charge in [-0.05, 0) is 26.7 Å². The predicted molar refractivity (Wildman–Crippen MR) is 48.8 cm³/mol. The lowest BCUT2D eigenvalue weighted by molar-refractivity contribution is 0.956. The summed E-state index contributed by atoms with van der Waals surface area (Å²) in [6, 6.07) is 0. The van der Waals surface area contributed by atoms with E-state index in [4.69, 9.17) is 0 Å². The average molecular weight is 160 g/mol. The maximum Gasteiger partial charge on any atom is 0.116 e. The molecule has 0 atom stereocenters. The Labute approximate surface area is 71.7 Å². The summed E-state index contributed by atoms with van der Waals surface area (Å²) < 4.78 is 0. The topological polar surface area (TPSA) is 25.8 Å². The molecule has 0 spiro atoms. The van der Waals surface area contributed by atoms with E-state index in [1.807, 2.05) is 6.92 Å². The van der Waals surface area contributed by atoms with E-state index in [1.54, 1.807) is 6.33 Å². The first-order valence-electron chi connectivity index (χ1n) is 4.29. The zero-order valence-electron chi connectivity index (χ0n) is 7.46. The third-order valence-corrected chi connectivity index (χ3v) is 2.39. The highest BCUT2D eigenvalue weighted by Crippen LogP contribution is 2.08. The Morgan fingerprint density at radius 1 is 1.33 bits per heavy atom. The van der Waals surface area contributed by atoms with Gasteiger partial charge in [-0.1, -0.05) is 11.6 Å². The van der Waals surface area contributed by atoms with Gasteiger partial charge >= 0.3 is 0 Å². The van der Waals surface area contributed by atoms with Crippen molar-refractivity contribution in [1.82, 2.24) is 9.97 Å². The largest absolute Gasteiger partial charge is 0.241 e. The predicted octanol–water partition coefficient (Wildman–Crippen LogP) is 0.394. The molecular weight excluding hydrogens is 148 g/mol. The number of rotatable bonds is 0. The molecule has 0 saturated heterocycles. The standard InChI is InChI=1S/C10H12N2/c1-3-8-10-7(2)4-5-9(10)12-6-11-8/h3,6H,4-5H2,1-2H3/b8-3+. The maximum atomic E-state index is 4.27. The van der Waals surface area contributed by atoms with Crippen LogP contribution in [0.25, 0.3) is 11.6 Å². The lowest BCUT2D eigenvalue weighted by Gasteiger charge is -1.91. The molecule has 1 heterocycles. The minimum Gasteiger partial charge on any atom is -0.241 e. The van der Waals surface area contributed by atoms with Crippen LogP contribution in [-0.4, -0.2) is 9.97 Å². The highest BCUT2D eigenvalue weighted by Gasteiger charge is 2.09. The van der Waals surface area contributed by atoms with Crippen LogP contribution in [0.4, 0.5) is 0 Å². The quantitative estimate of drug-likeness (QED) is 0.549. The summed E-state index contributed by atoms with van der Waals surface area (Å²) in [7, 11) is 0. The molecule has 0 fully saturated rings. The molecule has 1 aromatic rings. The van der Waals surface area contributed by atoms with Crippen molar-refractivity contribution in [1.29, 1.82) is 0 Å². The Balaban J connectivity index is 2.93. The first-order chi connectivity index (χ1) is 5.83. The van der Waals surface area contributed by atoms with E-state index in [2.05, 4.69) is 23.0 Å². The third-order valence-electron chi connectivity index (χ3n) is 2.39. The van der Waals surface area contributed by atoms with Crippen LogP contribution in [-0.2, 0) is 6.42 Å². The molecular formula is C10H12N2. The van der Waals surface area contributed by atoms with Crippen LogP contribution < -0.4 is 10.6 Å². The fourth-order valence-electron chi connectivity index (χ4n) is 1.74. The Morgan fingerprint density at radius 2 is 2.17 bits per heavy atom. The first-order valence-corrected chi connectivity index (χ1v) is 4.29.